The second-order valence-electron chi connectivity index (χ2n) is 7.72. The number of benzene rings is 1. The number of hydrogen-bond acceptors (Lipinski definition) is 5. The molecule has 0 amide bonds. The lowest BCUT2D eigenvalue weighted by Gasteiger charge is -2.41. The van der Waals surface area contributed by atoms with Crippen LogP contribution in [0, 0.1) is 35.5 Å². The maximum Gasteiger partial charge on any atom is 0.310 e. The zero-order chi connectivity index (χ0) is 19.0. The zero-order valence-corrected chi connectivity index (χ0v) is 15.4. The molecule has 0 N–H and O–H groups in total. The van der Waals surface area contributed by atoms with Crippen molar-refractivity contribution in [3.05, 3.63) is 48.0 Å². The van der Waals surface area contributed by atoms with Gasteiger partial charge in [-0.2, -0.15) is 0 Å². The number of allylic oxidation sites excluding steroid dienone is 2. The van der Waals surface area contributed by atoms with E-state index in [2.05, 4.69) is 12.2 Å². The maximum atomic E-state index is 12.9. The van der Waals surface area contributed by atoms with Crippen LogP contribution >= 0.6 is 0 Å². The van der Waals surface area contributed by atoms with E-state index in [1.54, 1.807) is 24.3 Å². The van der Waals surface area contributed by atoms with E-state index in [9.17, 15) is 14.4 Å². The highest BCUT2D eigenvalue weighted by molar-refractivity contribution is 5.98. The van der Waals surface area contributed by atoms with Gasteiger partial charge in [0.05, 0.1) is 18.4 Å². The number of rotatable bonds is 7. The van der Waals surface area contributed by atoms with Gasteiger partial charge in [0.2, 0.25) is 0 Å². The second-order valence-corrected chi connectivity index (χ2v) is 7.72. The van der Waals surface area contributed by atoms with Crippen molar-refractivity contribution in [3.8, 4) is 0 Å². The Kier molecular flexibility index (Phi) is 4.85. The van der Waals surface area contributed by atoms with Crippen LogP contribution in [0.25, 0.3) is 0 Å². The summed E-state index contributed by atoms with van der Waals surface area (Å²) in [6, 6.07) is 8.76. The maximum absolute atomic E-state index is 12.9. The van der Waals surface area contributed by atoms with E-state index in [4.69, 9.17) is 9.47 Å². The van der Waals surface area contributed by atoms with Gasteiger partial charge in [-0.05, 0) is 36.5 Å². The Morgan fingerprint density at radius 3 is 2.11 bits per heavy atom. The largest absolute Gasteiger partial charge is 0.465 e. The Bertz CT molecular complexity index is 768. The summed E-state index contributed by atoms with van der Waals surface area (Å²) in [6.45, 7) is 2.00. The SMILES string of the molecule is CCCOC(=O)[C@@H]1[C@@H]2C=C[C@@H]([C@@H]3C[C@H]23)[C@@H]1C(=O)OCC(=O)c1ccccc1. The molecule has 27 heavy (non-hydrogen) atoms. The van der Waals surface area contributed by atoms with Crippen molar-refractivity contribution in [2.45, 2.75) is 19.8 Å². The Hall–Kier alpha value is -2.43. The minimum Gasteiger partial charge on any atom is -0.465 e. The van der Waals surface area contributed by atoms with Crippen LogP contribution in [-0.4, -0.2) is 30.9 Å². The molecule has 2 bridgehead atoms. The fraction of sp³-hybridized carbons (Fsp3) is 0.500. The molecule has 0 heterocycles. The first kappa shape index (κ1) is 18.0. The Morgan fingerprint density at radius 1 is 0.926 bits per heavy atom. The van der Waals surface area contributed by atoms with Gasteiger partial charge in [0.1, 0.15) is 0 Å². The van der Waals surface area contributed by atoms with Crippen molar-refractivity contribution < 1.29 is 23.9 Å². The first-order valence-corrected chi connectivity index (χ1v) is 9.71. The van der Waals surface area contributed by atoms with E-state index in [1.807, 2.05) is 13.0 Å². The third-order valence-electron chi connectivity index (χ3n) is 6.09. The van der Waals surface area contributed by atoms with E-state index in [1.165, 1.54) is 0 Å². The standard InChI is InChI=1S/C22H24O5/c1-2-10-26-21(24)19-14-8-9-15(17-11-16(14)17)20(19)22(25)27-12-18(23)13-6-4-3-5-7-13/h3-9,14-17,19-20H,2,10-12H2,1H3/t14-,15+,16-,17+,19-,20+/m1/s1. The van der Waals surface area contributed by atoms with Crippen molar-refractivity contribution in [2.75, 3.05) is 13.2 Å². The lowest BCUT2D eigenvalue weighted by atomic mass is 9.62. The number of fused-ring (bicyclic) bond motifs is 1. The molecule has 0 spiro atoms. The number of hydrogen-bond donors (Lipinski definition) is 0. The van der Waals surface area contributed by atoms with Crippen molar-refractivity contribution in [1.82, 2.24) is 0 Å². The van der Waals surface area contributed by atoms with Crippen LogP contribution in [-0.2, 0) is 19.1 Å². The molecular formula is C22H24O5. The van der Waals surface area contributed by atoms with E-state index >= 15 is 0 Å². The average Bonchev–Trinajstić information content (AvgIpc) is 3.52. The van der Waals surface area contributed by atoms with Gasteiger partial charge in [0.15, 0.2) is 12.4 Å². The number of ether oxygens (including phenoxy) is 2. The fourth-order valence-electron chi connectivity index (χ4n) is 4.76. The minimum absolute atomic E-state index is 0.0125. The first-order valence-electron chi connectivity index (χ1n) is 9.71. The summed E-state index contributed by atoms with van der Waals surface area (Å²) in [5.74, 6) is -1.04. The van der Waals surface area contributed by atoms with Crippen LogP contribution in [0.5, 0.6) is 0 Å². The lowest BCUT2D eigenvalue weighted by Crippen LogP contribution is -2.48. The van der Waals surface area contributed by atoms with Crippen molar-refractivity contribution in [3.63, 3.8) is 0 Å². The summed E-state index contributed by atoms with van der Waals surface area (Å²) in [5, 5.41) is 0. The molecule has 2 fully saturated rings. The molecule has 2 saturated carbocycles. The number of Topliss-reactive ketones (excluding diaryl/α,β-unsaturated/α-hetero) is 1. The smallest absolute Gasteiger partial charge is 0.310 e. The molecule has 0 aromatic heterocycles. The zero-order valence-electron chi connectivity index (χ0n) is 15.4. The summed E-state index contributed by atoms with van der Waals surface area (Å²) >= 11 is 0. The molecule has 0 saturated heterocycles. The number of esters is 2. The molecule has 5 nitrogen and oxygen atoms in total. The predicted molar refractivity (Wildman–Crippen MR) is 97.7 cm³/mol. The summed E-state index contributed by atoms with van der Waals surface area (Å²) in [4.78, 5) is 37.8. The molecule has 5 rings (SSSR count). The highest BCUT2D eigenvalue weighted by Crippen LogP contribution is 2.63. The normalized spacial score (nSPS) is 32.5. The van der Waals surface area contributed by atoms with Crippen molar-refractivity contribution >= 4 is 17.7 Å². The quantitative estimate of drug-likeness (QED) is 0.420. The number of ketones is 1. The van der Waals surface area contributed by atoms with Crippen LogP contribution in [0.15, 0.2) is 42.5 Å². The van der Waals surface area contributed by atoms with Crippen LogP contribution in [0.2, 0.25) is 0 Å². The van der Waals surface area contributed by atoms with Gasteiger partial charge in [-0.15, -0.1) is 0 Å². The van der Waals surface area contributed by atoms with Gasteiger partial charge in [0, 0.05) is 5.56 Å². The van der Waals surface area contributed by atoms with Crippen LogP contribution in [0.4, 0.5) is 0 Å². The van der Waals surface area contributed by atoms with Gasteiger partial charge in [-0.3, -0.25) is 14.4 Å². The molecule has 4 aliphatic carbocycles. The summed E-state index contributed by atoms with van der Waals surface area (Å²) in [6.07, 6.45) is 5.94. The highest BCUT2D eigenvalue weighted by atomic mass is 16.5. The molecule has 1 aromatic carbocycles. The van der Waals surface area contributed by atoms with Crippen LogP contribution in [0.1, 0.15) is 30.1 Å². The molecule has 0 aliphatic heterocycles. The fourth-order valence-corrected chi connectivity index (χ4v) is 4.76. The lowest BCUT2D eigenvalue weighted by molar-refractivity contribution is -0.167. The first-order chi connectivity index (χ1) is 13.1. The molecule has 4 aliphatic rings. The van der Waals surface area contributed by atoms with Crippen LogP contribution in [0.3, 0.4) is 0 Å². The Balaban J connectivity index is 1.46. The Morgan fingerprint density at radius 2 is 1.52 bits per heavy atom. The van der Waals surface area contributed by atoms with E-state index < -0.39 is 17.8 Å². The van der Waals surface area contributed by atoms with Gasteiger partial charge in [-0.1, -0.05) is 49.4 Å². The molecule has 142 valence electrons. The monoisotopic (exact) mass is 368 g/mol. The molecule has 1 aromatic rings. The van der Waals surface area contributed by atoms with Gasteiger partial charge in [-0.25, -0.2) is 0 Å². The summed E-state index contributed by atoms with van der Waals surface area (Å²) < 4.78 is 10.7. The summed E-state index contributed by atoms with van der Waals surface area (Å²) in [7, 11) is 0. The van der Waals surface area contributed by atoms with Gasteiger partial charge in [0.25, 0.3) is 0 Å². The van der Waals surface area contributed by atoms with Gasteiger partial charge < -0.3 is 9.47 Å². The van der Waals surface area contributed by atoms with Crippen LogP contribution < -0.4 is 0 Å². The Labute approximate surface area is 158 Å². The van der Waals surface area contributed by atoms with Crippen molar-refractivity contribution in [1.29, 1.82) is 0 Å². The topological polar surface area (TPSA) is 69.7 Å². The molecule has 0 radical (unpaired) electrons. The molecule has 5 heteroatoms. The van der Waals surface area contributed by atoms with Gasteiger partial charge >= 0.3 is 11.9 Å². The molecule has 6 atom stereocenters. The van der Waals surface area contributed by atoms with E-state index in [-0.39, 0.29) is 30.2 Å². The molecule has 0 unspecified atom stereocenters. The van der Waals surface area contributed by atoms with E-state index in [0.29, 0.717) is 24.0 Å². The third-order valence-corrected chi connectivity index (χ3v) is 6.09. The minimum atomic E-state index is -0.545. The highest BCUT2D eigenvalue weighted by Gasteiger charge is 2.63. The second kappa shape index (κ2) is 7.29. The number of carbonyl (C=O) groups is 3. The van der Waals surface area contributed by atoms with Crippen molar-refractivity contribution in [2.24, 2.45) is 35.5 Å². The number of carbonyl (C=O) groups excluding carboxylic acids is 3. The third kappa shape index (κ3) is 3.31. The van der Waals surface area contributed by atoms with E-state index in [0.717, 1.165) is 12.8 Å². The summed E-state index contributed by atoms with van der Waals surface area (Å²) in [5.41, 5.74) is 0.511. The predicted octanol–water partition coefficient (Wildman–Crippen LogP) is 3.05. The average molecular weight is 368 g/mol. The molecular weight excluding hydrogens is 344 g/mol.